The van der Waals surface area contributed by atoms with Crippen LogP contribution >= 0.6 is 0 Å². The summed E-state index contributed by atoms with van der Waals surface area (Å²) in [7, 11) is 0. The van der Waals surface area contributed by atoms with Crippen LogP contribution in [-0.4, -0.2) is 40.4 Å². The van der Waals surface area contributed by atoms with Crippen molar-refractivity contribution in [2.75, 3.05) is 0 Å². The van der Waals surface area contributed by atoms with Crippen LogP contribution in [0.2, 0.25) is 0 Å². The van der Waals surface area contributed by atoms with E-state index in [1.165, 1.54) is 0 Å². The third kappa shape index (κ3) is 4.13. The van der Waals surface area contributed by atoms with Gasteiger partial charge in [-0.3, -0.25) is 14.5 Å². The number of nitrogens with zero attached hydrogens (tertiary/aromatic N) is 2. The Hall–Kier alpha value is -3.16. The molecule has 2 amide bonds. The minimum absolute atomic E-state index is 0.0387. The maximum Gasteiger partial charge on any atom is 0.442 e. The number of halogens is 3. The van der Waals surface area contributed by atoms with Crippen LogP contribution in [-0.2, 0) is 16.0 Å². The van der Waals surface area contributed by atoms with Crippen LogP contribution in [0, 0.1) is 0 Å². The van der Waals surface area contributed by atoms with Crippen LogP contribution in [0.3, 0.4) is 0 Å². The molecule has 2 aromatic carbocycles. The van der Waals surface area contributed by atoms with E-state index in [1.54, 1.807) is 54.6 Å². The van der Waals surface area contributed by atoms with Crippen LogP contribution in [0.4, 0.5) is 13.2 Å². The first-order valence-corrected chi connectivity index (χ1v) is 10.7. The zero-order chi connectivity index (χ0) is 22.8. The Labute approximate surface area is 184 Å². The molecule has 1 atom stereocenters. The average molecular weight is 443 g/mol. The first-order valence-electron chi connectivity index (χ1n) is 10.7. The highest BCUT2D eigenvalue weighted by atomic mass is 19.4. The summed E-state index contributed by atoms with van der Waals surface area (Å²) in [5.41, 5.74) is -2.07. The quantitative estimate of drug-likeness (QED) is 0.727. The van der Waals surface area contributed by atoms with Gasteiger partial charge in [-0.05, 0) is 24.8 Å². The molecule has 168 valence electrons. The minimum atomic E-state index is -5.08. The molecule has 2 aromatic rings. The lowest BCUT2D eigenvalue weighted by Crippen LogP contribution is -2.64. The molecule has 1 fully saturated rings. The Bertz CT molecular complexity index is 1000. The predicted octanol–water partition coefficient (Wildman–Crippen LogP) is 4.23. The van der Waals surface area contributed by atoms with Crippen LogP contribution in [0.5, 0.6) is 0 Å². The van der Waals surface area contributed by atoms with Crippen LogP contribution in [0.25, 0.3) is 0 Å². The molecule has 8 heteroatoms. The number of carbonyl (C=O) groups is 2. The lowest BCUT2D eigenvalue weighted by molar-refractivity contribution is -0.200. The standard InChI is InChI=1S/C24H24F3N3O2/c25-24(26,27)23(28-20(31)16-15-17-9-3-1-4-10-17)22(32)30(19-13-7-8-14-19)21(29-23)18-11-5-2-6-12-18/h1-6,9-12,19H,7-8,13-16H2,(H,28,31)/t23-/m0/s1. The maximum atomic E-state index is 14.4. The second kappa shape index (κ2) is 8.76. The second-order valence-corrected chi connectivity index (χ2v) is 8.16. The highest BCUT2D eigenvalue weighted by Crippen LogP contribution is 2.41. The van der Waals surface area contributed by atoms with Crippen molar-refractivity contribution >= 4 is 17.6 Å². The van der Waals surface area contributed by atoms with Gasteiger partial charge in [0.05, 0.1) is 0 Å². The molecule has 2 aliphatic rings. The van der Waals surface area contributed by atoms with E-state index in [4.69, 9.17) is 0 Å². The van der Waals surface area contributed by atoms with E-state index in [-0.39, 0.29) is 24.7 Å². The molecule has 0 bridgehead atoms. The van der Waals surface area contributed by atoms with E-state index < -0.39 is 23.7 Å². The van der Waals surface area contributed by atoms with E-state index >= 15 is 0 Å². The Morgan fingerprint density at radius 1 is 1.03 bits per heavy atom. The Morgan fingerprint density at radius 2 is 1.62 bits per heavy atom. The number of amidine groups is 1. The normalized spacial score (nSPS) is 21.7. The fourth-order valence-electron chi connectivity index (χ4n) is 4.33. The van der Waals surface area contributed by atoms with E-state index in [0.717, 1.165) is 23.3 Å². The SMILES string of the molecule is O=C(CCc1ccccc1)N[C@]1(C(F)(F)F)N=C(c2ccccc2)N(C2CCCC2)C1=O. The summed E-state index contributed by atoms with van der Waals surface area (Å²) in [6, 6.07) is 17.0. The van der Waals surface area contributed by atoms with Crippen molar-refractivity contribution in [3.8, 4) is 0 Å². The molecule has 4 rings (SSSR count). The Kier molecular flexibility index (Phi) is 6.04. The topological polar surface area (TPSA) is 61.8 Å². The molecule has 0 saturated heterocycles. The fourth-order valence-corrected chi connectivity index (χ4v) is 4.33. The number of nitrogens with one attached hydrogen (secondary N) is 1. The van der Waals surface area contributed by atoms with Gasteiger partial charge in [-0.25, -0.2) is 4.99 Å². The molecule has 0 radical (unpaired) electrons. The third-order valence-corrected chi connectivity index (χ3v) is 5.97. The molecule has 32 heavy (non-hydrogen) atoms. The molecule has 1 N–H and O–H groups in total. The van der Waals surface area contributed by atoms with E-state index in [9.17, 15) is 22.8 Å². The molecular weight excluding hydrogens is 419 g/mol. The number of rotatable bonds is 6. The summed E-state index contributed by atoms with van der Waals surface area (Å²) >= 11 is 0. The number of alkyl halides is 3. The summed E-state index contributed by atoms with van der Waals surface area (Å²) in [6.45, 7) is 0. The number of hydrogen-bond acceptors (Lipinski definition) is 3. The summed E-state index contributed by atoms with van der Waals surface area (Å²) < 4.78 is 43.1. The first kappa shape index (κ1) is 22.0. The number of amides is 2. The van der Waals surface area contributed by atoms with Gasteiger partial charge in [-0.1, -0.05) is 73.5 Å². The number of hydrogen-bond donors (Lipinski definition) is 1. The van der Waals surface area contributed by atoms with Gasteiger partial charge in [0.1, 0.15) is 5.84 Å². The van der Waals surface area contributed by atoms with Gasteiger partial charge in [-0.2, -0.15) is 13.2 Å². The molecule has 0 spiro atoms. The molecule has 1 saturated carbocycles. The summed E-state index contributed by atoms with van der Waals surface area (Å²) in [6.07, 6.45) is -2.13. The zero-order valence-corrected chi connectivity index (χ0v) is 17.4. The number of carbonyl (C=O) groups excluding carboxylic acids is 2. The molecule has 1 aliphatic heterocycles. The van der Waals surface area contributed by atoms with Gasteiger partial charge < -0.3 is 5.32 Å². The van der Waals surface area contributed by atoms with Gasteiger partial charge in [0.15, 0.2) is 0 Å². The lowest BCUT2D eigenvalue weighted by Gasteiger charge is -2.31. The highest BCUT2D eigenvalue weighted by Gasteiger charge is 2.67. The van der Waals surface area contributed by atoms with E-state index in [2.05, 4.69) is 4.99 Å². The van der Waals surface area contributed by atoms with E-state index in [0.29, 0.717) is 18.4 Å². The van der Waals surface area contributed by atoms with Crippen molar-refractivity contribution < 1.29 is 22.8 Å². The van der Waals surface area contributed by atoms with Crippen molar-refractivity contribution in [1.29, 1.82) is 0 Å². The van der Waals surface area contributed by atoms with Gasteiger partial charge >= 0.3 is 11.8 Å². The van der Waals surface area contributed by atoms with Crippen LogP contribution in [0.1, 0.15) is 43.2 Å². The first-order chi connectivity index (χ1) is 15.3. The Morgan fingerprint density at radius 3 is 2.22 bits per heavy atom. The number of aliphatic imine (C=N–C) groups is 1. The Balaban J connectivity index is 1.67. The highest BCUT2D eigenvalue weighted by molar-refractivity contribution is 6.16. The molecule has 0 unspecified atom stereocenters. The van der Waals surface area contributed by atoms with Crippen LogP contribution in [0.15, 0.2) is 65.7 Å². The lowest BCUT2D eigenvalue weighted by atomic mass is 10.1. The van der Waals surface area contributed by atoms with Crippen LogP contribution < -0.4 is 5.32 Å². The predicted molar refractivity (Wildman–Crippen MR) is 114 cm³/mol. The molecule has 1 aliphatic carbocycles. The maximum absolute atomic E-state index is 14.4. The van der Waals surface area contributed by atoms with Crippen molar-refractivity contribution in [3.05, 3.63) is 71.8 Å². The summed E-state index contributed by atoms with van der Waals surface area (Å²) in [4.78, 5) is 31.0. The van der Waals surface area contributed by atoms with Crippen molar-refractivity contribution in [3.63, 3.8) is 0 Å². The number of benzene rings is 2. The monoisotopic (exact) mass is 443 g/mol. The van der Waals surface area contributed by atoms with Crippen molar-refractivity contribution in [2.45, 2.75) is 56.4 Å². The van der Waals surface area contributed by atoms with E-state index in [1.807, 2.05) is 11.4 Å². The largest absolute Gasteiger partial charge is 0.442 e. The molecule has 1 heterocycles. The summed E-state index contributed by atoms with van der Waals surface area (Å²) in [5, 5.41) is 1.96. The minimum Gasteiger partial charge on any atom is -0.316 e. The zero-order valence-electron chi connectivity index (χ0n) is 17.4. The van der Waals surface area contributed by atoms with Crippen molar-refractivity contribution in [2.24, 2.45) is 4.99 Å². The molecular formula is C24H24F3N3O2. The second-order valence-electron chi connectivity index (χ2n) is 8.16. The van der Waals surface area contributed by atoms with Gasteiger partial charge in [0.25, 0.3) is 5.91 Å². The van der Waals surface area contributed by atoms with Gasteiger partial charge in [0, 0.05) is 18.0 Å². The average Bonchev–Trinajstić information content (AvgIpc) is 3.40. The smallest absolute Gasteiger partial charge is 0.316 e. The molecule has 0 aromatic heterocycles. The van der Waals surface area contributed by atoms with Gasteiger partial charge in [0.2, 0.25) is 5.91 Å². The fraction of sp³-hybridized carbons (Fsp3) is 0.375. The van der Waals surface area contributed by atoms with Gasteiger partial charge in [-0.15, -0.1) is 0 Å². The number of aryl methyl sites for hydroxylation is 1. The van der Waals surface area contributed by atoms with Crippen molar-refractivity contribution in [1.82, 2.24) is 10.2 Å². The molecule has 5 nitrogen and oxygen atoms in total. The third-order valence-electron chi connectivity index (χ3n) is 5.97. The summed E-state index contributed by atoms with van der Waals surface area (Å²) in [5.74, 6) is -2.14.